The molecule has 5 heteroatoms. The van der Waals surface area contributed by atoms with Gasteiger partial charge in [-0.1, -0.05) is 36.4 Å². The number of fused-ring (bicyclic) bond motifs is 1. The molecule has 1 unspecified atom stereocenters. The van der Waals surface area contributed by atoms with E-state index in [9.17, 15) is 4.79 Å². The van der Waals surface area contributed by atoms with Crippen molar-refractivity contribution in [3.8, 4) is 22.5 Å². The van der Waals surface area contributed by atoms with Crippen LogP contribution in [0, 0.1) is 11.8 Å². The molecule has 1 saturated heterocycles. The highest BCUT2D eigenvalue weighted by atomic mass is 16.2. The minimum absolute atomic E-state index is 0.318. The Morgan fingerprint density at radius 1 is 1.00 bits per heavy atom. The maximum Gasteiger partial charge on any atom is 0.225 e. The predicted molar refractivity (Wildman–Crippen MR) is 122 cm³/mol. The average molecular weight is 411 g/mol. The molecule has 1 aliphatic heterocycles. The van der Waals surface area contributed by atoms with Crippen LogP contribution in [0.25, 0.3) is 33.4 Å². The zero-order valence-electron chi connectivity index (χ0n) is 17.5. The van der Waals surface area contributed by atoms with Gasteiger partial charge in [-0.05, 0) is 53.8 Å². The zero-order valence-corrected chi connectivity index (χ0v) is 17.5. The molecule has 1 N–H and O–H groups in total. The van der Waals surface area contributed by atoms with E-state index in [1.807, 2.05) is 12.4 Å². The van der Waals surface area contributed by atoms with E-state index in [0.717, 1.165) is 55.8 Å². The molecule has 3 heterocycles. The first kappa shape index (κ1) is 18.4. The van der Waals surface area contributed by atoms with Crippen LogP contribution in [0.15, 0.2) is 67.1 Å². The SMILES string of the molecule is O=C(C1CC1)N1CCC(Cn2ccnc2-c2ccc(-c3ccc4cc[nH]c4c3)cc2)C1. The summed E-state index contributed by atoms with van der Waals surface area (Å²) in [5.41, 5.74) is 4.68. The first-order valence-corrected chi connectivity index (χ1v) is 11.2. The van der Waals surface area contributed by atoms with Crippen LogP contribution in [-0.2, 0) is 11.3 Å². The monoisotopic (exact) mass is 410 g/mol. The number of aromatic nitrogens is 3. The van der Waals surface area contributed by atoms with E-state index in [1.165, 1.54) is 16.5 Å². The van der Waals surface area contributed by atoms with Crippen molar-refractivity contribution < 1.29 is 4.79 Å². The highest BCUT2D eigenvalue weighted by Crippen LogP contribution is 2.33. The van der Waals surface area contributed by atoms with Gasteiger partial charge in [0, 0.05) is 55.2 Å². The number of carbonyl (C=O) groups excluding carboxylic acids is 1. The van der Waals surface area contributed by atoms with Crippen molar-refractivity contribution in [2.24, 2.45) is 11.8 Å². The molecular formula is C26H26N4O. The summed E-state index contributed by atoms with van der Waals surface area (Å²) in [5, 5.41) is 1.23. The number of rotatable bonds is 5. The van der Waals surface area contributed by atoms with Crippen molar-refractivity contribution in [1.82, 2.24) is 19.4 Å². The number of hydrogen-bond acceptors (Lipinski definition) is 2. The van der Waals surface area contributed by atoms with Crippen LogP contribution in [0.2, 0.25) is 0 Å². The molecule has 5 nitrogen and oxygen atoms in total. The smallest absolute Gasteiger partial charge is 0.225 e. The number of nitrogens with zero attached hydrogens (tertiary/aromatic N) is 3. The summed E-state index contributed by atoms with van der Waals surface area (Å²) in [5.74, 6) is 2.20. The van der Waals surface area contributed by atoms with Gasteiger partial charge in [0.05, 0.1) is 0 Å². The average Bonchev–Trinajstić information content (AvgIpc) is 3.17. The Hall–Kier alpha value is -3.34. The van der Waals surface area contributed by atoms with Crippen LogP contribution in [0.1, 0.15) is 19.3 Å². The Labute approximate surface area is 181 Å². The van der Waals surface area contributed by atoms with E-state index in [1.54, 1.807) is 0 Å². The second kappa shape index (κ2) is 7.41. The molecule has 1 aliphatic carbocycles. The molecule has 1 amide bonds. The van der Waals surface area contributed by atoms with Crippen LogP contribution >= 0.6 is 0 Å². The number of nitrogens with one attached hydrogen (secondary N) is 1. The number of imidazole rings is 1. The molecule has 2 aromatic heterocycles. The third-order valence-corrected chi connectivity index (χ3v) is 6.73. The second-order valence-corrected chi connectivity index (χ2v) is 8.97. The second-order valence-electron chi connectivity index (χ2n) is 8.97. The fourth-order valence-electron chi connectivity index (χ4n) is 4.80. The molecule has 2 fully saturated rings. The number of amides is 1. The normalized spacial score (nSPS) is 18.7. The largest absolute Gasteiger partial charge is 0.361 e. The number of likely N-dealkylation sites (tertiary alicyclic amines) is 1. The van der Waals surface area contributed by atoms with Gasteiger partial charge in [0.2, 0.25) is 5.91 Å². The van der Waals surface area contributed by atoms with Crippen molar-refractivity contribution in [2.75, 3.05) is 13.1 Å². The summed E-state index contributed by atoms with van der Waals surface area (Å²) >= 11 is 0. The summed E-state index contributed by atoms with van der Waals surface area (Å²) < 4.78 is 2.25. The number of carbonyl (C=O) groups is 1. The van der Waals surface area contributed by atoms with Crippen molar-refractivity contribution in [3.05, 3.63) is 67.1 Å². The quantitative estimate of drug-likeness (QED) is 0.506. The van der Waals surface area contributed by atoms with E-state index in [4.69, 9.17) is 0 Å². The van der Waals surface area contributed by atoms with Gasteiger partial charge < -0.3 is 14.5 Å². The Morgan fingerprint density at radius 3 is 2.65 bits per heavy atom. The molecule has 156 valence electrons. The molecule has 1 saturated carbocycles. The highest BCUT2D eigenvalue weighted by molar-refractivity contribution is 5.85. The lowest BCUT2D eigenvalue weighted by Gasteiger charge is -2.17. The lowest BCUT2D eigenvalue weighted by molar-refractivity contribution is -0.131. The van der Waals surface area contributed by atoms with E-state index < -0.39 is 0 Å². The van der Waals surface area contributed by atoms with Gasteiger partial charge in [-0.25, -0.2) is 4.98 Å². The van der Waals surface area contributed by atoms with Crippen molar-refractivity contribution >= 4 is 16.8 Å². The molecule has 2 aliphatic rings. The zero-order chi connectivity index (χ0) is 20.8. The van der Waals surface area contributed by atoms with Crippen LogP contribution in [0.5, 0.6) is 0 Å². The van der Waals surface area contributed by atoms with Gasteiger partial charge in [-0.3, -0.25) is 4.79 Å². The van der Waals surface area contributed by atoms with Crippen molar-refractivity contribution in [2.45, 2.75) is 25.8 Å². The van der Waals surface area contributed by atoms with Gasteiger partial charge in [0.15, 0.2) is 0 Å². The molecule has 0 spiro atoms. The molecule has 4 aromatic rings. The van der Waals surface area contributed by atoms with Gasteiger partial charge in [-0.15, -0.1) is 0 Å². The van der Waals surface area contributed by atoms with Gasteiger partial charge in [0.1, 0.15) is 5.82 Å². The maximum atomic E-state index is 12.4. The van der Waals surface area contributed by atoms with E-state index in [2.05, 4.69) is 74.2 Å². The molecule has 1 atom stereocenters. The fourth-order valence-corrected chi connectivity index (χ4v) is 4.80. The van der Waals surface area contributed by atoms with E-state index >= 15 is 0 Å². The van der Waals surface area contributed by atoms with Crippen LogP contribution in [-0.4, -0.2) is 38.4 Å². The molecular weight excluding hydrogens is 384 g/mol. The Balaban J connectivity index is 1.18. The minimum Gasteiger partial charge on any atom is -0.361 e. The van der Waals surface area contributed by atoms with Crippen molar-refractivity contribution in [1.29, 1.82) is 0 Å². The fraction of sp³-hybridized carbons (Fsp3) is 0.308. The molecule has 0 bridgehead atoms. The Bertz CT molecular complexity index is 1230. The van der Waals surface area contributed by atoms with Gasteiger partial charge in [-0.2, -0.15) is 0 Å². The first-order chi connectivity index (χ1) is 15.2. The molecule has 2 aromatic carbocycles. The van der Waals surface area contributed by atoms with Crippen LogP contribution < -0.4 is 0 Å². The standard InChI is InChI=1S/C26H26N4O/c31-26(22-6-7-22)30-13-10-18(17-30)16-29-14-12-28-25(29)21-4-1-19(2-5-21)23-8-3-20-9-11-27-24(20)15-23/h1-5,8-9,11-12,14-15,18,22,27H,6-7,10,13,16-17H2. The lowest BCUT2D eigenvalue weighted by Crippen LogP contribution is -2.30. The van der Waals surface area contributed by atoms with E-state index in [0.29, 0.717) is 17.7 Å². The minimum atomic E-state index is 0.318. The number of hydrogen-bond donors (Lipinski definition) is 1. The molecule has 31 heavy (non-hydrogen) atoms. The topological polar surface area (TPSA) is 53.9 Å². The van der Waals surface area contributed by atoms with Gasteiger partial charge >= 0.3 is 0 Å². The highest BCUT2D eigenvalue weighted by Gasteiger charge is 2.36. The molecule has 0 radical (unpaired) electrons. The Morgan fingerprint density at radius 2 is 1.81 bits per heavy atom. The third kappa shape index (κ3) is 3.54. The lowest BCUT2D eigenvalue weighted by atomic mass is 10.0. The number of H-pyrrole nitrogens is 1. The van der Waals surface area contributed by atoms with Crippen LogP contribution in [0.4, 0.5) is 0 Å². The van der Waals surface area contributed by atoms with Crippen molar-refractivity contribution in [3.63, 3.8) is 0 Å². The summed E-state index contributed by atoms with van der Waals surface area (Å²) in [6, 6.07) is 17.3. The summed E-state index contributed by atoms with van der Waals surface area (Å²) in [4.78, 5) is 22.4. The van der Waals surface area contributed by atoms with E-state index in [-0.39, 0.29) is 0 Å². The predicted octanol–water partition coefficient (Wildman–Crippen LogP) is 4.96. The third-order valence-electron chi connectivity index (χ3n) is 6.73. The van der Waals surface area contributed by atoms with Crippen LogP contribution in [0.3, 0.4) is 0 Å². The molecule has 6 rings (SSSR count). The number of benzene rings is 2. The Kier molecular flexibility index (Phi) is 4.41. The summed E-state index contributed by atoms with van der Waals surface area (Å²) in [6.07, 6.45) is 9.17. The van der Waals surface area contributed by atoms with Gasteiger partial charge in [0.25, 0.3) is 0 Å². The maximum absolute atomic E-state index is 12.4. The number of aromatic amines is 1. The summed E-state index contributed by atoms with van der Waals surface area (Å²) in [7, 11) is 0. The first-order valence-electron chi connectivity index (χ1n) is 11.2. The summed E-state index contributed by atoms with van der Waals surface area (Å²) in [6.45, 7) is 2.70.